The molecule has 0 saturated heterocycles. The zero-order chi connectivity index (χ0) is 22.8. The van der Waals surface area contributed by atoms with E-state index in [-0.39, 0.29) is 29.6 Å². The predicted molar refractivity (Wildman–Crippen MR) is 117 cm³/mol. The molecule has 0 aliphatic heterocycles. The van der Waals surface area contributed by atoms with Crippen LogP contribution in [0, 0.1) is 0 Å². The number of aryl methyl sites for hydroxylation is 1. The van der Waals surface area contributed by atoms with E-state index in [1.54, 1.807) is 18.2 Å². The maximum absolute atomic E-state index is 12.7. The summed E-state index contributed by atoms with van der Waals surface area (Å²) < 4.78 is 6.10. The number of rotatable bonds is 7. The maximum Gasteiger partial charge on any atom is 0.359 e. The van der Waals surface area contributed by atoms with Gasteiger partial charge >= 0.3 is 5.97 Å². The Morgan fingerprint density at radius 3 is 2.69 bits per heavy atom. The lowest BCUT2D eigenvalue weighted by atomic mass is 10.1. The van der Waals surface area contributed by atoms with Crippen LogP contribution in [0.25, 0.3) is 10.8 Å². The minimum atomic E-state index is -0.896. The Morgan fingerprint density at radius 2 is 1.97 bits per heavy atom. The molecule has 10 nitrogen and oxygen atoms in total. The van der Waals surface area contributed by atoms with Gasteiger partial charge in [-0.25, -0.2) is 9.48 Å². The van der Waals surface area contributed by atoms with Gasteiger partial charge in [0.2, 0.25) is 0 Å². The lowest BCUT2D eigenvalue weighted by molar-refractivity contribution is -0.119. The van der Waals surface area contributed by atoms with Crippen molar-refractivity contribution in [3.8, 4) is 0 Å². The van der Waals surface area contributed by atoms with Gasteiger partial charge in [-0.15, -0.1) is 11.3 Å². The van der Waals surface area contributed by atoms with Gasteiger partial charge in [0.05, 0.1) is 24.1 Å². The molecule has 2 amide bonds. The fourth-order valence-electron chi connectivity index (χ4n) is 3.75. The number of fused-ring (bicyclic) bond motifs is 2. The molecule has 1 aliphatic carbocycles. The molecule has 0 atom stereocenters. The third-order valence-corrected chi connectivity index (χ3v) is 6.34. The summed E-state index contributed by atoms with van der Waals surface area (Å²) in [5, 5.41) is 16.6. The van der Waals surface area contributed by atoms with E-state index in [4.69, 9.17) is 15.6 Å². The largest absolute Gasteiger partial charge is 0.451 e. The van der Waals surface area contributed by atoms with Gasteiger partial charge in [-0.3, -0.25) is 14.4 Å². The van der Waals surface area contributed by atoms with Crippen LogP contribution in [0.5, 0.6) is 0 Å². The number of nitrogens with one attached hydrogen (secondary N) is 1. The van der Waals surface area contributed by atoms with Gasteiger partial charge in [-0.05, 0) is 30.9 Å². The van der Waals surface area contributed by atoms with E-state index >= 15 is 0 Å². The third kappa shape index (κ3) is 3.99. The van der Waals surface area contributed by atoms with Gasteiger partial charge in [0, 0.05) is 10.3 Å². The van der Waals surface area contributed by atoms with Crippen molar-refractivity contribution in [2.75, 3.05) is 18.5 Å². The van der Waals surface area contributed by atoms with Gasteiger partial charge in [0.15, 0.2) is 12.3 Å². The molecule has 1 aliphatic rings. The smallest absolute Gasteiger partial charge is 0.359 e. The summed E-state index contributed by atoms with van der Waals surface area (Å²) in [6.45, 7) is -1.05. The lowest BCUT2D eigenvalue weighted by Crippen LogP contribution is -2.28. The van der Waals surface area contributed by atoms with Gasteiger partial charge in [-0.2, -0.15) is 5.10 Å². The number of aliphatic hydroxyl groups excluding tert-OH is 1. The zero-order valence-electron chi connectivity index (χ0n) is 16.9. The highest BCUT2D eigenvalue weighted by Crippen LogP contribution is 2.38. The second-order valence-corrected chi connectivity index (χ2v) is 8.30. The SMILES string of the molecule is NC(=O)c1c(NC(=O)COC(=O)c2nn(CCO)c(=O)c3ccccc23)sc2c1CCC2. The monoisotopic (exact) mass is 456 g/mol. The molecule has 4 N–H and O–H groups in total. The molecule has 0 unspecified atom stereocenters. The van der Waals surface area contributed by atoms with E-state index in [0.29, 0.717) is 10.6 Å². The summed E-state index contributed by atoms with van der Waals surface area (Å²) in [7, 11) is 0. The third-order valence-electron chi connectivity index (χ3n) is 5.13. The van der Waals surface area contributed by atoms with Gasteiger partial charge < -0.3 is 20.9 Å². The van der Waals surface area contributed by atoms with E-state index in [0.717, 1.165) is 34.4 Å². The number of hydrogen-bond donors (Lipinski definition) is 3. The van der Waals surface area contributed by atoms with Crippen LogP contribution in [-0.4, -0.2) is 45.9 Å². The molecule has 0 fully saturated rings. The first-order valence-corrected chi connectivity index (χ1v) is 10.7. The number of carbonyl (C=O) groups excluding carboxylic acids is 3. The Labute approximate surface area is 185 Å². The number of anilines is 1. The van der Waals surface area contributed by atoms with Crippen LogP contribution in [0.4, 0.5) is 5.00 Å². The molecule has 3 aromatic rings. The number of aromatic nitrogens is 2. The van der Waals surface area contributed by atoms with Crippen LogP contribution in [-0.2, 0) is 28.9 Å². The second-order valence-electron chi connectivity index (χ2n) is 7.20. The van der Waals surface area contributed by atoms with E-state index in [2.05, 4.69) is 10.4 Å². The number of benzene rings is 1. The van der Waals surface area contributed by atoms with E-state index in [1.807, 2.05) is 0 Å². The van der Waals surface area contributed by atoms with Crippen molar-refractivity contribution in [2.24, 2.45) is 5.73 Å². The summed E-state index contributed by atoms with van der Waals surface area (Å²) in [5.74, 6) is -2.14. The molecule has 2 aromatic heterocycles. The zero-order valence-corrected chi connectivity index (χ0v) is 17.7. The Hall–Kier alpha value is -3.57. The van der Waals surface area contributed by atoms with Crippen molar-refractivity contribution in [1.29, 1.82) is 0 Å². The first kappa shape index (κ1) is 21.7. The van der Waals surface area contributed by atoms with Crippen molar-refractivity contribution in [3.63, 3.8) is 0 Å². The molecule has 166 valence electrons. The lowest BCUT2D eigenvalue weighted by Gasteiger charge is -2.10. The molecule has 4 rings (SSSR count). The van der Waals surface area contributed by atoms with Crippen LogP contribution in [0.1, 0.15) is 37.7 Å². The Bertz CT molecular complexity index is 1300. The molecule has 0 radical (unpaired) electrons. The molecular formula is C21H20N4O6S. The molecule has 0 spiro atoms. The summed E-state index contributed by atoms with van der Waals surface area (Å²) in [5.41, 5.74) is 6.08. The molecule has 0 bridgehead atoms. The minimum absolute atomic E-state index is 0.0939. The topological polar surface area (TPSA) is 154 Å². The number of carbonyl (C=O) groups is 3. The Kier molecular flexibility index (Phi) is 6.01. The summed E-state index contributed by atoms with van der Waals surface area (Å²) in [6, 6.07) is 6.38. The fourth-order valence-corrected chi connectivity index (χ4v) is 5.06. The van der Waals surface area contributed by atoms with Crippen molar-refractivity contribution >= 4 is 44.9 Å². The Balaban J connectivity index is 1.52. The maximum atomic E-state index is 12.7. The Morgan fingerprint density at radius 1 is 1.22 bits per heavy atom. The average molecular weight is 456 g/mol. The number of hydrogen-bond acceptors (Lipinski definition) is 8. The number of nitrogens with two attached hydrogens (primary N) is 1. The molecule has 1 aromatic carbocycles. The number of ether oxygens (including phenoxy) is 1. The number of aliphatic hydroxyl groups is 1. The number of thiophene rings is 1. The summed E-state index contributed by atoms with van der Waals surface area (Å²) >= 11 is 1.30. The molecule has 2 heterocycles. The summed E-state index contributed by atoms with van der Waals surface area (Å²) in [4.78, 5) is 50.4. The number of primary amides is 1. The van der Waals surface area contributed by atoms with Gasteiger partial charge in [0.25, 0.3) is 17.4 Å². The van der Waals surface area contributed by atoms with Gasteiger partial charge in [0.1, 0.15) is 5.00 Å². The highest BCUT2D eigenvalue weighted by atomic mass is 32.1. The minimum Gasteiger partial charge on any atom is -0.451 e. The molecular weight excluding hydrogens is 436 g/mol. The highest BCUT2D eigenvalue weighted by molar-refractivity contribution is 7.17. The number of nitrogens with zero attached hydrogens (tertiary/aromatic N) is 2. The fraction of sp³-hybridized carbons (Fsp3) is 0.286. The van der Waals surface area contributed by atoms with Crippen LogP contribution in [0.2, 0.25) is 0 Å². The molecule has 11 heteroatoms. The molecule has 0 saturated carbocycles. The quantitative estimate of drug-likeness (QED) is 0.445. The van der Waals surface area contributed by atoms with Crippen LogP contribution < -0.4 is 16.6 Å². The average Bonchev–Trinajstić information content (AvgIpc) is 3.34. The highest BCUT2D eigenvalue weighted by Gasteiger charge is 2.26. The van der Waals surface area contributed by atoms with Gasteiger partial charge in [-0.1, -0.05) is 18.2 Å². The van der Waals surface area contributed by atoms with Crippen LogP contribution in [0.15, 0.2) is 29.1 Å². The van der Waals surface area contributed by atoms with Crippen molar-refractivity contribution in [2.45, 2.75) is 25.8 Å². The summed E-state index contributed by atoms with van der Waals surface area (Å²) in [6.07, 6.45) is 2.50. The first-order valence-electron chi connectivity index (χ1n) is 9.92. The van der Waals surface area contributed by atoms with E-state index in [1.165, 1.54) is 17.4 Å². The van der Waals surface area contributed by atoms with Crippen LogP contribution in [0.3, 0.4) is 0 Å². The predicted octanol–water partition coefficient (Wildman–Crippen LogP) is 0.833. The normalized spacial score (nSPS) is 12.5. The number of amides is 2. The molecule has 32 heavy (non-hydrogen) atoms. The van der Waals surface area contributed by atoms with E-state index in [9.17, 15) is 19.2 Å². The van der Waals surface area contributed by atoms with Crippen molar-refractivity contribution in [3.05, 3.63) is 56.3 Å². The second kappa shape index (κ2) is 8.89. The van der Waals surface area contributed by atoms with E-state index < -0.39 is 29.9 Å². The van der Waals surface area contributed by atoms with Crippen LogP contribution >= 0.6 is 11.3 Å². The number of esters is 1. The van der Waals surface area contributed by atoms with Crippen molar-refractivity contribution in [1.82, 2.24) is 9.78 Å². The standard InChI is InChI=1S/C21H20N4O6S/c22-18(28)16-13-6-3-7-14(13)32-19(16)23-15(27)10-31-21(30)17-11-4-1-2-5-12(11)20(29)25(24-17)8-9-26/h1-2,4-5,26H,3,6-10H2,(H2,22,28)(H,23,27). The van der Waals surface area contributed by atoms with Crippen molar-refractivity contribution < 1.29 is 24.2 Å². The first-order chi connectivity index (χ1) is 15.4.